The number of anilines is 1. The van der Waals surface area contributed by atoms with E-state index in [9.17, 15) is 14.4 Å². The maximum atomic E-state index is 12.3. The van der Waals surface area contributed by atoms with Crippen molar-refractivity contribution in [3.8, 4) is 0 Å². The zero-order valence-electron chi connectivity index (χ0n) is 13.6. The SMILES string of the molecule is CCOC(=O)Cn1cccc(N(C)C(=O)OC(C)(C)C)c1=O. The molecule has 1 aromatic rings. The quantitative estimate of drug-likeness (QED) is 0.792. The van der Waals surface area contributed by atoms with Gasteiger partial charge in [-0.2, -0.15) is 0 Å². The monoisotopic (exact) mass is 310 g/mol. The van der Waals surface area contributed by atoms with Crippen LogP contribution in [-0.4, -0.2) is 35.9 Å². The molecule has 0 aliphatic carbocycles. The normalized spacial score (nSPS) is 11.0. The van der Waals surface area contributed by atoms with E-state index >= 15 is 0 Å². The maximum absolute atomic E-state index is 12.3. The van der Waals surface area contributed by atoms with Gasteiger partial charge in [0.2, 0.25) is 0 Å². The Hall–Kier alpha value is -2.31. The Kier molecular flexibility index (Phi) is 5.73. The number of ether oxygens (including phenoxy) is 2. The lowest BCUT2D eigenvalue weighted by Crippen LogP contribution is -2.38. The van der Waals surface area contributed by atoms with Crippen LogP contribution in [0.15, 0.2) is 23.1 Å². The molecule has 1 aromatic heterocycles. The first-order valence-corrected chi connectivity index (χ1v) is 6.97. The van der Waals surface area contributed by atoms with Gasteiger partial charge in [0.1, 0.15) is 17.8 Å². The lowest BCUT2D eigenvalue weighted by molar-refractivity contribution is -0.143. The second-order valence-electron chi connectivity index (χ2n) is 5.67. The van der Waals surface area contributed by atoms with E-state index < -0.39 is 23.2 Å². The number of aromatic nitrogens is 1. The highest BCUT2D eigenvalue weighted by Gasteiger charge is 2.22. The Morgan fingerprint density at radius 3 is 2.50 bits per heavy atom. The predicted octanol–water partition coefficient (Wildman–Crippen LogP) is 1.78. The van der Waals surface area contributed by atoms with Gasteiger partial charge in [-0.25, -0.2) is 4.79 Å². The molecule has 1 amide bonds. The van der Waals surface area contributed by atoms with E-state index in [-0.39, 0.29) is 18.8 Å². The van der Waals surface area contributed by atoms with Gasteiger partial charge < -0.3 is 14.0 Å². The largest absolute Gasteiger partial charge is 0.465 e. The van der Waals surface area contributed by atoms with Gasteiger partial charge in [0.25, 0.3) is 5.56 Å². The predicted molar refractivity (Wildman–Crippen MR) is 82.0 cm³/mol. The molecule has 22 heavy (non-hydrogen) atoms. The molecule has 0 radical (unpaired) electrons. The average molecular weight is 310 g/mol. The lowest BCUT2D eigenvalue weighted by atomic mass is 10.2. The van der Waals surface area contributed by atoms with E-state index in [2.05, 4.69) is 0 Å². The molecule has 0 atom stereocenters. The summed E-state index contributed by atoms with van der Waals surface area (Å²) >= 11 is 0. The van der Waals surface area contributed by atoms with E-state index in [1.807, 2.05) is 0 Å². The summed E-state index contributed by atoms with van der Waals surface area (Å²) in [5.41, 5.74) is -1.01. The highest BCUT2D eigenvalue weighted by Crippen LogP contribution is 2.13. The fourth-order valence-electron chi connectivity index (χ4n) is 1.68. The van der Waals surface area contributed by atoms with E-state index in [1.165, 1.54) is 23.9 Å². The minimum Gasteiger partial charge on any atom is -0.465 e. The van der Waals surface area contributed by atoms with Gasteiger partial charge in [-0.05, 0) is 39.8 Å². The fourth-order valence-corrected chi connectivity index (χ4v) is 1.68. The third-order valence-electron chi connectivity index (χ3n) is 2.63. The first-order chi connectivity index (χ1) is 10.2. The Morgan fingerprint density at radius 2 is 1.95 bits per heavy atom. The van der Waals surface area contributed by atoms with Crippen LogP contribution in [0.2, 0.25) is 0 Å². The van der Waals surface area contributed by atoms with Crippen LogP contribution in [0, 0.1) is 0 Å². The number of pyridine rings is 1. The molecule has 0 bridgehead atoms. The summed E-state index contributed by atoms with van der Waals surface area (Å²) in [5, 5.41) is 0. The van der Waals surface area contributed by atoms with Gasteiger partial charge >= 0.3 is 12.1 Å². The van der Waals surface area contributed by atoms with Crippen LogP contribution in [0.1, 0.15) is 27.7 Å². The lowest BCUT2D eigenvalue weighted by Gasteiger charge is -2.24. The van der Waals surface area contributed by atoms with Crippen LogP contribution in [-0.2, 0) is 20.8 Å². The maximum Gasteiger partial charge on any atom is 0.414 e. The summed E-state index contributed by atoms with van der Waals surface area (Å²) in [6, 6.07) is 3.07. The zero-order valence-corrected chi connectivity index (χ0v) is 13.6. The number of hydrogen-bond acceptors (Lipinski definition) is 5. The molecule has 7 nitrogen and oxygen atoms in total. The third-order valence-corrected chi connectivity index (χ3v) is 2.63. The average Bonchev–Trinajstić information content (AvgIpc) is 2.38. The minimum absolute atomic E-state index is 0.126. The Balaban J connectivity index is 2.99. The van der Waals surface area contributed by atoms with Gasteiger partial charge in [-0.3, -0.25) is 14.5 Å². The van der Waals surface area contributed by atoms with Gasteiger partial charge in [0.05, 0.1) is 6.61 Å². The molecule has 0 spiro atoms. The van der Waals surface area contributed by atoms with E-state index in [4.69, 9.17) is 9.47 Å². The smallest absolute Gasteiger partial charge is 0.414 e. The second-order valence-corrected chi connectivity index (χ2v) is 5.67. The number of esters is 1. The molecule has 0 saturated carbocycles. The molecule has 0 N–H and O–H groups in total. The summed E-state index contributed by atoms with van der Waals surface area (Å²) in [5.74, 6) is -0.512. The number of amides is 1. The van der Waals surface area contributed by atoms with Crippen molar-refractivity contribution in [2.75, 3.05) is 18.6 Å². The summed E-state index contributed by atoms with van der Waals surface area (Å²) in [6.45, 7) is 6.94. The number of carbonyl (C=O) groups is 2. The molecule has 1 heterocycles. The van der Waals surface area contributed by atoms with Crippen LogP contribution < -0.4 is 10.5 Å². The molecule has 0 unspecified atom stereocenters. The summed E-state index contributed by atoms with van der Waals surface area (Å²) in [4.78, 5) is 36.9. The van der Waals surface area contributed by atoms with E-state index in [0.29, 0.717) is 0 Å². The van der Waals surface area contributed by atoms with E-state index in [0.717, 1.165) is 4.90 Å². The van der Waals surface area contributed by atoms with Gasteiger partial charge in [-0.1, -0.05) is 0 Å². The van der Waals surface area contributed by atoms with Gasteiger partial charge in [0.15, 0.2) is 0 Å². The number of carbonyl (C=O) groups excluding carboxylic acids is 2. The molecule has 0 aliphatic heterocycles. The molecule has 7 heteroatoms. The van der Waals surface area contributed by atoms with E-state index in [1.54, 1.807) is 33.8 Å². The molecule has 122 valence electrons. The van der Waals surface area contributed by atoms with Crippen molar-refractivity contribution in [1.82, 2.24) is 4.57 Å². The fraction of sp³-hybridized carbons (Fsp3) is 0.533. The van der Waals surface area contributed by atoms with Crippen molar-refractivity contribution in [2.24, 2.45) is 0 Å². The number of nitrogens with zero attached hydrogens (tertiary/aromatic N) is 2. The van der Waals surface area contributed by atoms with Crippen molar-refractivity contribution >= 4 is 17.7 Å². The van der Waals surface area contributed by atoms with Crippen LogP contribution >= 0.6 is 0 Å². The third kappa shape index (κ3) is 4.91. The molecular weight excluding hydrogens is 288 g/mol. The Morgan fingerprint density at radius 1 is 1.32 bits per heavy atom. The second kappa shape index (κ2) is 7.11. The number of rotatable bonds is 4. The highest BCUT2D eigenvalue weighted by atomic mass is 16.6. The van der Waals surface area contributed by atoms with Crippen molar-refractivity contribution in [1.29, 1.82) is 0 Å². The van der Waals surface area contributed by atoms with Crippen LogP contribution in [0.5, 0.6) is 0 Å². The van der Waals surface area contributed by atoms with Crippen molar-refractivity contribution in [3.63, 3.8) is 0 Å². The first-order valence-electron chi connectivity index (χ1n) is 6.97. The number of hydrogen-bond donors (Lipinski definition) is 0. The topological polar surface area (TPSA) is 77.8 Å². The van der Waals surface area contributed by atoms with Gasteiger partial charge in [-0.15, -0.1) is 0 Å². The molecule has 0 aliphatic rings. The minimum atomic E-state index is -0.663. The van der Waals surface area contributed by atoms with Crippen LogP contribution in [0.3, 0.4) is 0 Å². The molecule has 0 aromatic carbocycles. The summed E-state index contributed by atoms with van der Waals surface area (Å²) in [6.07, 6.45) is 0.824. The Labute approximate surface area is 129 Å². The van der Waals surface area contributed by atoms with Crippen molar-refractivity contribution in [2.45, 2.75) is 39.8 Å². The first kappa shape index (κ1) is 17.7. The van der Waals surface area contributed by atoms with Crippen LogP contribution in [0.25, 0.3) is 0 Å². The van der Waals surface area contributed by atoms with Crippen LogP contribution in [0.4, 0.5) is 10.5 Å². The summed E-state index contributed by atoms with van der Waals surface area (Å²) < 4.78 is 11.2. The standard InChI is InChI=1S/C15H22N2O5/c1-6-21-12(18)10-17-9-7-8-11(13(17)19)16(5)14(20)22-15(2,3)4/h7-9H,6,10H2,1-5H3. The molecule has 0 saturated heterocycles. The zero-order chi connectivity index (χ0) is 16.9. The van der Waals surface area contributed by atoms with Crippen molar-refractivity contribution in [3.05, 3.63) is 28.7 Å². The highest BCUT2D eigenvalue weighted by molar-refractivity contribution is 5.86. The molecule has 0 fully saturated rings. The van der Waals surface area contributed by atoms with Crippen molar-refractivity contribution < 1.29 is 19.1 Å². The Bertz CT molecular complexity index is 601. The van der Waals surface area contributed by atoms with Gasteiger partial charge in [0, 0.05) is 13.2 Å². The molecular formula is C15H22N2O5. The molecule has 1 rings (SSSR count). The summed E-state index contributed by atoms with van der Waals surface area (Å²) in [7, 11) is 1.44.